The van der Waals surface area contributed by atoms with Crippen molar-refractivity contribution in [2.24, 2.45) is 10.8 Å². The topological polar surface area (TPSA) is 62.4 Å². The number of nitrogens with zero attached hydrogens (tertiary/aromatic N) is 1. The number of guanidine groups is 1. The highest BCUT2D eigenvalue weighted by Gasteiger charge is 2.14. The van der Waals surface area contributed by atoms with Gasteiger partial charge in [-0.05, 0) is 49.9 Å². The average Bonchev–Trinajstić information content (AvgIpc) is 2.42. The molecule has 0 radical (unpaired) electrons. The minimum absolute atomic E-state index is 0.387. The summed E-state index contributed by atoms with van der Waals surface area (Å²) in [5.74, 6) is 6.27. The lowest BCUT2D eigenvalue weighted by atomic mass is 9.96. The normalized spacial score (nSPS) is 17.1. The van der Waals surface area contributed by atoms with E-state index in [0.29, 0.717) is 12.0 Å². The summed E-state index contributed by atoms with van der Waals surface area (Å²) in [6.07, 6.45) is 6.18. The minimum atomic E-state index is 0.387. The molecule has 0 aromatic heterocycles. The number of nitrogens with two attached hydrogens (primary N) is 1. The summed E-state index contributed by atoms with van der Waals surface area (Å²) in [6, 6.07) is 4.56. The Kier molecular flexibility index (Phi) is 5.43. The van der Waals surface area contributed by atoms with Crippen LogP contribution in [-0.4, -0.2) is 12.0 Å². The van der Waals surface area contributed by atoms with Gasteiger partial charge < -0.3 is 5.32 Å². The Hall–Kier alpha value is -1.07. The molecule has 1 aromatic rings. The molecule has 1 saturated carbocycles. The molecule has 2 rings (SSSR count). The van der Waals surface area contributed by atoms with Gasteiger partial charge in [-0.1, -0.05) is 35.2 Å². The zero-order valence-electron chi connectivity index (χ0n) is 12.2. The van der Waals surface area contributed by atoms with Gasteiger partial charge in [0.05, 0.1) is 6.04 Å². The SMILES string of the molecule is Cc1cc(Br)cc(C)c1NC(=NC1CCCCC1)NN. The number of aliphatic imine (C=N–C) groups is 1. The van der Waals surface area contributed by atoms with Crippen LogP contribution >= 0.6 is 15.9 Å². The predicted octanol–water partition coefficient (Wildman–Crippen LogP) is 3.63. The molecule has 1 aromatic carbocycles. The van der Waals surface area contributed by atoms with Crippen LogP contribution in [0.3, 0.4) is 0 Å². The maximum Gasteiger partial charge on any atom is 0.210 e. The molecule has 110 valence electrons. The number of aryl methyl sites for hydroxylation is 2. The lowest BCUT2D eigenvalue weighted by Crippen LogP contribution is -2.38. The first-order valence-corrected chi connectivity index (χ1v) is 7.97. The molecule has 0 heterocycles. The Balaban J connectivity index is 2.15. The van der Waals surface area contributed by atoms with Crippen LogP contribution in [0, 0.1) is 13.8 Å². The van der Waals surface area contributed by atoms with E-state index in [2.05, 4.69) is 52.7 Å². The highest BCUT2D eigenvalue weighted by Crippen LogP contribution is 2.25. The van der Waals surface area contributed by atoms with Gasteiger partial charge in [0.15, 0.2) is 0 Å². The van der Waals surface area contributed by atoms with Crippen molar-refractivity contribution < 1.29 is 0 Å². The molecule has 1 aliphatic rings. The van der Waals surface area contributed by atoms with Gasteiger partial charge in [-0.3, -0.25) is 5.43 Å². The molecule has 0 saturated heterocycles. The number of hydrazine groups is 1. The molecule has 1 fully saturated rings. The van der Waals surface area contributed by atoms with Gasteiger partial charge >= 0.3 is 0 Å². The molecule has 20 heavy (non-hydrogen) atoms. The molecule has 0 unspecified atom stereocenters. The zero-order chi connectivity index (χ0) is 14.5. The van der Waals surface area contributed by atoms with Crippen LogP contribution < -0.4 is 16.6 Å². The Bertz CT molecular complexity index is 470. The van der Waals surface area contributed by atoms with E-state index in [-0.39, 0.29) is 0 Å². The summed E-state index contributed by atoms with van der Waals surface area (Å²) < 4.78 is 1.09. The Morgan fingerprint density at radius 3 is 2.35 bits per heavy atom. The molecule has 0 bridgehead atoms. The minimum Gasteiger partial charge on any atom is -0.325 e. The van der Waals surface area contributed by atoms with E-state index in [4.69, 9.17) is 10.8 Å². The summed E-state index contributed by atoms with van der Waals surface area (Å²) in [6.45, 7) is 4.16. The number of hydrogen-bond donors (Lipinski definition) is 3. The van der Waals surface area contributed by atoms with Crippen molar-refractivity contribution in [3.63, 3.8) is 0 Å². The Morgan fingerprint density at radius 1 is 1.20 bits per heavy atom. The van der Waals surface area contributed by atoms with Crippen molar-refractivity contribution in [2.75, 3.05) is 5.32 Å². The van der Waals surface area contributed by atoms with E-state index in [9.17, 15) is 0 Å². The zero-order valence-corrected chi connectivity index (χ0v) is 13.8. The smallest absolute Gasteiger partial charge is 0.210 e. The van der Waals surface area contributed by atoms with E-state index in [0.717, 1.165) is 23.0 Å². The number of halogens is 1. The van der Waals surface area contributed by atoms with Gasteiger partial charge in [0, 0.05) is 10.2 Å². The predicted molar refractivity (Wildman–Crippen MR) is 88.9 cm³/mol. The quantitative estimate of drug-likeness (QED) is 0.334. The summed E-state index contributed by atoms with van der Waals surface area (Å²) in [7, 11) is 0. The lowest BCUT2D eigenvalue weighted by Gasteiger charge is -2.20. The molecule has 4 N–H and O–H groups in total. The maximum atomic E-state index is 5.62. The van der Waals surface area contributed by atoms with Gasteiger partial charge in [-0.2, -0.15) is 0 Å². The van der Waals surface area contributed by atoms with E-state index < -0.39 is 0 Å². The number of hydrogen-bond acceptors (Lipinski definition) is 2. The van der Waals surface area contributed by atoms with Crippen LogP contribution in [0.4, 0.5) is 5.69 Å². The van der Waals surface area contributed by atoms with Crippen LogP contribution in [0.5, 0.6) is 0 Å². The van der Waals surface area contributed by atoms with E-state index in [1.54, 1.807) is 0 Å². The van der Waals surface area contributed by atoms with E-state index >= 15 is 0 Å². The van der Waals surface area contributed by atoms with Gasteiger partial charge in [-0.25, -0.2) is 10.8 Å². The van der Waals surface area contributed by atoms with Crippen molar-refractivity contribution in [1.29, 1.82) is 0 Å². The lowest BCUT2D eigenvalue weighted by molar-refractivity contribution is 0.442. The average molecular weight is 339 g/mol. The summed E-state index contributed by atoms with van der Waals surface area (Å²) in [5.41, 5.74) is 6.10. The standard InChI is InChI=1S/C15H23BrN4/c1-10-8-12(16)9-11(2)14(10)19-15(20-17)18-13-6-4-3-5-7-13/h8-9,13H,3-7,17H2,1-2H3,(H2,18,19,20). The molecule has 5 heteroatoms. The first kappa shape index (κ1) is 15.3. The Morgan fingerprint density at radius 2 is 1.80 bits per heavy atom. The van der Waals surface area contributed by atoms with Crippen LogP contribution in [0.1, 0.15) is 43.2 Å². The van der Waals surface area contributed by atoms with Gasteiger partial charge in [-0.15, -0.1) is 0 Å². The molecule has 1 aliphatic carbocycles. The van der Waals surface area contributed by atoms with Crippen LogP contribution in [-0.2, 0) is 0 Å². The maximum absolute atomic E-state index is 5.62. The third-order valence-electron chi connectivity index (χ3n) is 3.76. The fourth-order valence-corrected chi connectivity index (χ4v) is 3.41. The molecule has 0 aliphatic heterocycles. The monoisotopic (exact) mass is 338 g/mol. The van der Waals surface area contributed by atoms with E-state index in [1.165, 1.54) is 30.4 Å². The summed E-state index contributed by atoms with van der Waals surface area (Å²) in [4.78, 5) is 4.71. The number of benzene rings is 1. The van der Waals surface area contributed by atoms with Crippen LogP contribution in [0.15, 0.2) is 21.6 Å². The third kappa shape index (κ3) is 3.96. The second kappa shape index (κ2) is 7.09. The number of nitrogens with one attached hydrogen (secondary N) is 2. The largest absolute Gasteiger partial charge is 0.325 e. The van der Waals surface area contributed by atoms with Crippen molar-refractivity contribution in [2.45, 2.75) is 52.0 Å². The van der Waals surface area contributed by atoms with Crippen molar-refractivity contribution in [3.05, 3.63) is 27.7 Å². The van der Waals surface area contributed by atoms with Crippen LogP contribution in [0.2, 0.25) is 0 Å². The molecule has 0 spiro atoms. The molecule has 0 atom stereocenters. The highest BCUT2D eigenvalue weighted by molar-refractivity contribution is 9.10. The van der Waals surface area contributed by atoms with Crippen molar-refractivity contribution >= 4 is 27.6 Å². The summed E-state index contributed by atoms with van der Waals surface area (Å²) >= 11 is 3.51. The molecule has 0 amide bonds. The fourth-order valence-electron chi connectivity index (χ4n) is 2.72. The van der Waals surface area contributed by atoms with Crippen molar-refractivity contribution in [1.82, 2.24) is 5.43 Å². The fraction of sp³-hybridized carbons (Fsp3) is 0.533. The number of rotatable bonds is 2. The molecule has 4 nitrogen and oxygen atoms in total. The van der Waals surface area contributed by atoms with Crippen molar-refractivity contribution in [3.8, 4) is 0 Å². The third-order valence-corrected chi connectivity index (χ3v) is 4.22. The first-order valence-electron chi connectivity index (χ1n) is 7.18. The van der Waals surface area contributed by atoms with Crippen LogP contribution in [0.25, 0.3) is 0 Å². The highest BCUT2D eigenvalue weighted by atomic mass is 79.9. The van der Waals surface area contributed by atoms with Gasteiger partial charge in [0.1, 0.15) is 0 Å². The molecular formula is C15H23BrN4. The van der Waals surface area contributed by atoms with E-state index in [1.807, 2.05) is 0 Å². The second-order valence-electron chi connectivity index (χ2n) is 5.45. The number of anilines is 1. The van der Waals surface area contributed by atoms with Gasteiger partial charge in [0.2, 0.25) is 5.96 Å². The Labute approximate surface area is 129 Å². The first-order chi connectivity index (χ1) is 9.60. The van der Waals surface area contributed by atoms with Gasteiger partial charge in [0.25, 0.3) is 0 Å². The molecular weight excluding hydrogens is 316 g/mol. The second-order valence-corrected chi connectivity index (χ2v) is 6.37. The summed E-state index contributed by atoms with van der Waals surface area (Å²) in [5, 5.41) is 3.33.